The van der Waals surface area contributed by atoms with Crippen molar-refractivity contribution in [1.82, 2.24) is 4.90 Å². The lowest BCUT2D eigenvalue weighted by Gasteiger charge is -2.15. The van der Waals surface area contributed by atoms with Crippen LogP contribution in [0.25, 0.3) is 0 Å². The van der Waals surface area contributed by atoms with Gasteiger partial charge in [-0.25, -0.2) is 0 Å². The Labute approximate surface area is 90.9 Å². The second kappa shape index (κ2) is 4.47. The van der Waals surface area contributed by atoms with Gasteiger partial charge in [0.05, 0.1) is 0 Å². The van der Waals surface area contributed by atoms with E-state index in [0.717, 1.165) is 37.9 Å². The molecule has 1 aromatic carbocycles. The summed E-state index contributed by atoms with van der Waals surface area (Å²) in [6.07, 6.45) is 3.33. The molecule has 0 atom stereocenters. The van der Waals surface area contributed by atoms with Crippen molar-refractivity contribution in [2.75, 3.05) is 13.1 Å². The van der Waals surface area contributed by atoms with E-state index >= 15 is 0 Å². The Balaban J connectivity index is 2.11. The van der Waals surface area contributed by atoms with Crippen molar-refractivity contribution in [3.05, 3.63) is 35.4 Å². The highest BCUT2D eigenvalue weighted by atomic mass is 16.2. The lowest BCUT2D eigenvalue weighted by molar-refractivity contribution is 0.0793. The third kappa shape index (κ3) is 2.20. The minimum absolute atomic E-state index is 0.190. The van der Waals surface area contributed by atoms with Crippen LogP contribution in [0.5, 0.6) is 0 Å². The molecule has 2 heteroatoms. The fourth-order valence-corrected chi connectivity index (χ4v) is 1.99. The molecule has 0 saturated carbocycles. The molecule has 0 bridgehead atoms. The Bertz CT molecular complexity index is 336. The molecule has 1 aliphatic rings. The number of amides is 1. The topological polar surface area (TPSA) is 20.3 Å². The molecular formula is C13H17NO. The number of carbonyl (C=O) groups excluding carboxylic acids is 1. The normalized spacial score (nSPS) is 15.7. The average molecular weight is 203 g/mol. The first-order chi connectivity index (χ1) is 7.31. The van der Waals surface area contributed by atoms with E-state index in [2.05, 4.69) is 6.92 Å². The van der Waals surface area contributed by atoms with Crippen LogP contribution in [0.1, 0.15) is 35.7 Å². The Hall–Kier alpha value is -1.31. The summed E-state index contributed by atoms with van der Waals surface area (Å²) in [5, 5.41) is 0. The molecule has 0 spiro atoms. The number of hydrogen-bond acceptors (Lipinski definition) is 1. The number of rotatable bonds is 2. The van der Waals surface area contributed by atoms with Crippen molar-refractivity contribution in [1.29, 1.82) is 0 Å². The van der Waals surface area contributed by atoms with Gasteiger partial charge in [0.2, 0.25) is 0 Å². The second-order valence-electron chi connectivity index (χ2n) is 4.05. The van der Waals surface area contributed by atoms with Crippen LogP contribution in [0.15, 0.2) is 24.3 Å². The highest BCUT2D eigenvalue weighted by Gasteiger charge is 2.18. The predicted molar refractivity (Wildman–Crippen MR) is 61.0 cm³/mol. The van der Waals surface area contributed by atoms with Gasteiger partial charge in [0, 0.05) is 18.7 Å². The van der Waals surface area contributed by atoms with Gasteiger partial charge < -0.3 is 4.90 Å². The molecule has 1 saturated heterocycles. The zero-order valence-corrected chi connectivity index (χ0v) is 9.20. The van der Waals surface area contributed by atoms with Crippen LogP contribution in [-0.4, -0.2) is 23.9 Å². The maximum atomic E-state index is 12.0. The Kier molecular flexibility index (Phi) is 3.05. The van der Waals surface area contributed by atoms with Gasteiger partial charge in [0.1, 0.15) is 0 Å². The predicted octanol–water partition coefficient (Wildman–Crippen LogP) is 2.49. The highest BCUT2D eigenvalue weighted by molar-refractivity contribution is 5.94. The summed E-state index contributed by atoms with van der Waals surface area (Å²) >= 11 is 0. The summed E-state index contributed by atoms with van der Waals surface area (Å²) in [7, 11) is 0. The third-order valence-corrected chi connectivity index (χ3v) is 3.00. The fraction of sp³-hybridized carbons (Fsp3) is 0.462. The zero-order chi connectivity index (χ0) is 10.7. The first kappa shape index (κ1) is 10.2. The zero-order valence-electron chi connectivity index (χ0n) is 9.20. The Morgan fingerprint density at radius 3 is 2.33 bits per heavy atom. The van der Waals surface area contributed by atoms with Gasteiger partial charge in [-0.3, -0.25) is 4.79 Å². The van der Waals surface area contributed by atoms with E-state index in [9.17, 15) is 4.79 Å². The molecule has 0 unspecified atom stereocenters. The van der Waals surface area contributed by atoms with Gasteiger partial charge in [-0.2, -0.15) is 0 Å². The molecule has 2 nitrogen and oxygen atoms in total. The molecule has 15 heavy (non-hydrogen) atoms. The smallest absolute Gasteiger partial charge is 0.253 e. The van der Waals surface area contributed by atoms with Crippen LogP contribution < -0.4 is 0 Å². The van der Waals surface area contributed by atoms with Gasteiger partial charge in [-0.05, 0) is 37.0 Å². The fourth-order valence-electron chi connectivity index (χ4n) is 1.99. The van der Waals surface area contributed by atoms with Crippen molar-refractivity contribution in [2.24, 2.45) is 0 Å². The van der Waals surface area contributed by atoms with E-state index in [1.54, 1.807) is 0 Å². The molecule has 1 fully saturated rings. The van der Waals surface area contributed by atoms with E-state index < -0.39 is 0 Å². The van der Waals surface area contributed by atoms with Gasteiger partial charge in [-0.1, -0.05) is 19.1 Å². The average Bonchev–Trinajstić information content (AvgIpc) is 2.82. The minimum Gasteiger partial charge on any atom is -0.339 e. The van der Waals surface area contributed by atoms with E-state index in [-0.39, 0.29) is 5.91 Å². The van der Waals surface area contributed by atoms with Crippen molar-refractivity contribution >= 4 is 5.91 Å². The summed E-state index contributed by atoms with van der Waals surface area (Å²) in [4.78, 5) is 13.9. The lowest BCUT2D eigenvalue weighted by atomic mass is 10.1. The van der Waals surface area contributed by atoms with Crippen LogP contribution in [0.4, 0.5) is 0 Å². The number of hydrogen-bond donors (Lipinski definition) is 0. The first-order valence-corrected chi connectivity index (χ1v) is 5.69. The standard InChI is InChI=1S/C13H17NO/c1-2-11-5-7-12(8-6-11)13(15)14-9-3-4-10-14/h5-8H,2-4,9-10H2,1H3. The molecular weight excluding hydrogens is 186 g/mol. The van der Waals surface area contributed by atoms with Gasteiger partial charge in [0.15, 0.2) is 0 Å². The third-order valence-electron chi connectivity index (χ3n) is 3.00. The number of likely N-dealkylation sites (tertiary alicyclic amines) is 1. The number of benzene rings is 1. The van der Waals surface area contributed by atoms with Gasteiger partial charge in [-0.15, -0.1) is 0 Å². The van der Waals surface area contributed by atoms with Crippen molar-refractivity contribution in [3.8, 4) is 0 Å². The minimum atomic E-state index is 0.190. The number of aryl methyl sites for hydroxylation is 1. The largest absolute Gasteiger partial charge is 0.339 e. The monoisotopic (exact) mass is 203 g/mol. The van der Waals surface area contributed by atoms with E-state index in [1.807, 2.05) is 29.2 Å². The Morgan fingerprint density at radius 1 is 1.20 bits per heavy atom. The quantitative estimate of drug-likeness (QED) is 0.723. The summed E-state index contributed by atoms with van der Waals surface area (Å²) in [5.74, 6) is 0.190. The van der Waals surface area contributed by atoms with E-state index in [0.29, 0.717) is 0 Å². The van der Waals surface area contributed by atoms with Gasteiger partial charge in [0.25, 0.3) is 5.91 Å². The highest BCUT2D eigenvalue weighted by Crippen LogP contribution is 2.13. The molecule has 0 N–H and O–H groups in total. The summed E-state index contributed by atoms with van der Waals surface area (Å²) < 4.78 is 0. The van der Waals surface area contributed by atoms with Crippen molar-refractivity contribution in [2.45, 2.75) is 26.2 Å². The van der Waals surface area contributed by atoms with Crippen LogP contribution in [0, 0.1) is 0 Å². The molecule has 0 aliphatic carbocycles. The first-order valence-electron chi connectivity index (χ1n) is 5.69. The molecule has 1 heterocycles. The molecule has 1 amide bonds. The summed E-state index contributed by atoms with van der Waals surface area (Å²) in [6, 6.07) is 7.98. The maximum Gasteiger partial charge on any atom is 0.253 e. The molecule has 0 radical (unpaired) electrons. The summed E-state index contributed by atoms with van der Waals surface area (Å²) in [6.45, 7) is 3.97. The van der Waals surface area contributed by atoms with E-state index in [1.165, 1.54) is 5.56 Å². The molecule has 0 aromatic heterocycles. The van der Waals surface area contributed by atoms with Crippen LogP contribution >= 0.6 is 0 Å². The van der Waals surface area contributed by atoms with E-state index in [4.69, 9.17) is 0 Å². The van der Waals surface area contributed by atoms with Crippen LogP contribution in [-0.2, 0) is 6.42 Å². The Morgan fingerprint density at radius 2 is 1.80 bits per heavy atom. The molecule has 1 aromatic rings. The maximum absolute atomic E-state index is 12.0. The summed E-state index contributed by atoms with van der Waals surface area (Å²) in [5.41, 5.74) is 2.11. The lowest BCUT2D eigenvalue weighted by Crippen LogP contribution is -2.27. The van der Waals surface area contributed by atoms with Crippen LogP contribution in [0.2, 0.25) is 0 Å². The SMILES string of the molecule is CCc1ccc(C(=O)N2CCCC2)cc1. The number of carbonyl (C=O) groups is 1. The van der Waals surface area contributed by atoms with Gasteiger partial charge >= 0.3 is 0 Å². The van der Waals surface area contributed by atoms with Crippen molar-refractivity contribution < 1.29 is 4.79 Å². The molecule has 80 valence electrons. The van der Waals surface area contributed by atoms with Crippen LogP contribution in [0.3, 0.4) is 0 Å². The number of nitrogens with zero attached hydrogens (tertiary/aromatic N) is 1. The van der Waals surface area contributed by atoms with Crippen molar-refractivity contribution in [3.63, 3.8) is 0 Å². The molecule has 2 rings (SSSR count). The molecule has 1 aliphatic heterocycles. The second-order valence-corrected chi connectivity index (χ2v) is 4.05.